The monoisotopic (exact) mass is 687 g/mol. The lowest BCUT2D eigenvalue weighted by atomic mass is 10.1. The maximum atomic E-state index is 5.19. The molecular weight excluding hydrogens is 663 g/mol. The van der Waals surface area contributed by atoms with Crippen molar-refractivity contribution in [2.45, 2.75) is 0 Å². The minimum atomic E-state index is 0.658. The second-order valence-electron chi connectivity index (χ2n) is 12.7. The summed E-state index contributed by atoms with van der Waals surface area (Å²) in [4.78, 5) is 20.2. The lowest BCUT2D eigenvalue weighted by molar-refractivity contribution is 1.08. The Bertz CT molecular complexity index is 3100. The van der Waals surface area contributed by atoms with Gasteiger partial charge in [0.1, 0.15) is 5.65 Å². The SMILES string of the molecule is c1ccc(-c2nc(-c3ccc4sc5ccccc5c4c3)nc(-c3cccc4c3sc3cc(-n5c6ccccc6c6cccnc65)ccc34)n2)cc1. The van der Waals surface area contributed by atoms with Crippen LogP contribution in [0.15, 0.2) is 152 Å². The lowest BCUT2D eigenvalue weighted by Gasteiger charge is -2.09. The van der Waals surface area contributed by atoms with Crippen LogP contribution in [-0.4, -0.2) is 24.5 Å². The molecule has 0 spiro atoms. The van der Waals surface area contributed by atoms with Gasteiger partial charge < -0.3 is 0 Å². The molecule has 0 N–H and O–H groups in total. The van der Waals surface area contributed by atoms with Gasteiger partial charge in [0.25, 0.3) is 0 Å². The van der Waals surface area contributed by atoms with Crippen molar-refractivity contribution in [1.29, 1.82) is 0 Å². The molecule has 0 bridgehead atoms. The number of hydrogen-bond acceptors (Lipinski definition) is 6. The Labute approximate surface area is 299 Å². The second-order valence-corrected chi connectivity index (χ2v) is 14.8. The lowest BCUT2D eigenvalue weighted by Crippen LogP contribution is -2.00. The zero-order valence-electron chi connectivity index (χ0n) is 27.0. The summed E-state index contributed by atoms with van der Waals surface area (Å²) in [7, 11) is 0. The van der Waals surface area contributed by atoms with Gasteiger partial charge in [0.05, 0.1) is 5.52 Å². The number of benzene rings is 6. The number of hydrogen-bond donors (Lipinski definition) is 0. The Hall–Kier alpha value is -6.28. The Balaban J connectivity index is 1.11. The maximum absolute atomic E-state index is 5.19. The van der Waals surface area contributed by atoms with Crippen LogP contribution < -0.4 is 0 Å². The molecule has 5 nitrogen and oxygen atoms in total. The van der Waals surface area contributed by atoms with Crippen molar-refractivity contribution in [3.05, 3.63) is 152 Å². The van der Waals surface area contributed by atoms with Gasteiger partial charge in [-0.15, -0.1) is 22.7 Å². The summed E-state index contributed by atoms with van der Waals surface area (Å²) in [6, 6.07) is 51.2. The van der Waals surface area contributed by atoms with E-state index in [4.69, 9.17) is 19.9 Å². The fourth-order valence-electron chi connectivity index (χ4n) is 7.37. The average Bonchev–Trinajstić information content (AvgIpc) is 3.87. The van der Waals surface area contributed by atoms with Crippen molar-refractivity contribution in [3.8, 4) is 39.9 Å². The quantitative estimate of drug-likeness (QED) is 0.185. The highest BCUT2D eigenvalue weighted by Gasteiger charge is 2.19. The van der Waals surface area contributed by atoms with Crippen LogP contribution in [0.25, 0.3) is 102 Å². The molecule has 5 aromatic heterocycles. The van der Waals surface area contributed by atoms with E-state index in [2.05, 4.69) is 126 Å². The number of nitrogens with zero attached hydrogens (tertiary/aromatic N) is 5. The van der Waals surface area contributed by atoms with E-state index >= 15 is 0 Å². The molecule has 238 valence electrons. The Morgan fingerprint density at radius 3 is 2.08 bits per heavy atom. The van der Waals surface area contributed by atoms with Crippen molar-refractivity contribution < 1.29 is 0 Å². The molecule has 0 atom stereocenters. The van der Waals surface area contributed by atoms with E-state index in [0.717, 1.165) is 43.6 Å². The van der Waals surface area contributed by atoms with Crippen LogP contribution in [-0.2, 0) is 0 Å². The van der Waals surface area contributed by atoms with Gasteiger partial charge in [0, 0.05) is 79.7 Å². The van der Waals surface area contributed by atoms with Gasteiger partial charge in [-0.3, -0.25) is 4.57 Å². The third kappa shape index (κ3) is 4.45. The van der Waals surface area contributed by atoms with Crippen LogP contribution in [0.2, 0.25) is 0 Å². The van der Waals surface area contributed by atoms with Crippen LogP contribution in [0.1, 0.15) is 0 Å². The largest absolute Gasteiger partial charge is 0.294 e. The van der Waals surface area contributed by atoms with Crippen LogP contribution >= 0.6 is 22.7 Å². The molecule has 0 aliphatic carbocycles. The number of thiophene rings is 2. The fraction of sp³-hybridized carbons (Fsp3) is 0. The molecule has 0 aliphatic heterocycles. The molecule has 0 saturated heterocycles. The molecule has 0 saturated carbocycles. The first-order chi connectivity index (χ1) is 25.3. The van der Waals surface area contributed by atoms with Gasteiger partial charge in [-0.05, 0) is 60.7 Å². The zero-order chi connectivity index (χ0) is 33.5. The smallest absolute Gasteiger partial charge is 0.165 e. The first-order valence-electron chi connectivity index (χ1n) is 16.8. The Kier molecular flexibility index (Phi) is 6.22. The second kappa shape index (κ2) is 11.1. The Morgan fingerprint density at radius 1 is 0.431 bits per heavy atom. The van der Waals surface area contributed by atoms with Crippen LogP contribution in [0.3, 0.4) is 0 Å². The molecule has 51 heavy (non-hydrogen) atoms. The molecule has 6 aromatic carbocycles. The summed E-state index contributed by atoms with van der Waals surface area (Å²) in [6.07, 6.45) is 1.87. The third-order valence-electron chi connectivity index (χ3n) is 9.72. The van der Waals surface area contributed by atoms with E-state index in [1.807, 2.05) is 41.8 Å². The van der Waals surface area contributed by atoms with E-state index in [0.29, 0.717) is 17.5 Å². The Morgan fingerprint density at radius 2 is 1.16 bits per heavy atom. The molecule has 0 fully saturated rings. The highest BCUT2D eigenvalue weighted by atomic mass is 32.1. The van der Waals surface area contributed by atoms with Crippen LogP contribution in [0.4, 0.5) is 0 Å². The highest BCUT2D eigenvalue weighted by molar-refractivity contribution is 7.26. The number of rotatable bonds is 4. The highest BCUT2D eigenvalue weighted by Crippen LogP contribution is 2.42. The number of aromatic nitrogens is 5. The molecule has 0 aliphatic rings. The topological polar surface area (TPSA) is 56.5 Å². The maximum Gasteiger partial charge on any atom is 0.165 e. The van der Waals surface area contributed by atoms with E-state index in [1.54, 1.807) is 11.3 Å². The van der Waals surface area contributed by atoms with Gasteiger partial charge in [-0.25, -0.2) is 19.9 Å². The normalized spacial score (nSPS) is 11.9. The molecule has 5 heterocycles. The van der Waals surface area contributed by atoms with E-state index < -0.39 is 0 Å². The van der Waals surface area contributed by atoms with Gasteiger partial charge in [-0.1, -0.05) is 84.9 Å². The molecule has 11 aromatic rings. The minimum absolute atomic E-state index is 0.658. The van der Waals surface area contributed by atoms with Crippen molar-refractivity contribution in [2.75, 3.05) is 0 Å². The van der Waals surface area contributed by atoms with Gasteiger partial charge >= 0.3 is 0 Å². The predicted octanol–water partition coefficient (Wildman–Crippen LogP) is 12.1. The van der Waals surface area contributed by atoms with E-state index in [-0.39, 0.29) is 0 Å². The summed E-state index contributed by atoms with van der Waals surface area (Å²) < 4.78 is 7.15. The molecule has 0 amide bonds. The summed E-state index contributed by atoms with van der Waals surface area (Å²) in [5.74, 6) is 1.98. The van der Waals surface area contributed by atoms with Gasteiger partial charge in [-0.2, -0.15) is 0 Å². The first-order valence-corrected chi connectivity index (χ1v) is 18.4. The molecule has 11 rings (SSSR count). The van der Waals surface area contributed by atoms with Crippen LogP contribution in [0, 0.1) is 0 Å². The number of fused-ring (bicyclic) bond motifs is 9. The van der Waals surface area contributed by atoms with Gasteiger partial charge in [0.15, 0.2) is 17.5 Å². The van der Waals surface area contributed by atoms with Crippen molar-refractivity contribution >= 4 is 85.0 Å². The summed E-state index contributed by atoms with van der Waals surface area (Å²) >= 11 is 3.59. The zero-order valence-corrected chi connectivity index (χ0v) is 28.6. The van der Waals surface area contributed by atoms with E-state index in [9.17, 15) is 0 Å². The summed E-state index contributed by atoms with van der Waals surface area (Å²) in [5, 5.41) is 7.22. The molecular formula is C44H25N5S2. The standard InChI is InChI=1S/C44H25N5S2/c1-2-10-26(11-3-1)41-46-42(27-19-22-38-35(24-27)30-13-5-7-18-37(30)50-38)48-43(47-41)34-15-8-14-32-31-21-20-28(25-39(31)51-40(32)34)49-36-17-6-4-12-29(36)33-16-9-23-45-44(33)49/h1-25H. The van der Waals surface area contributed by atoms with Crippen molar-refractivity contribution in [1.82, 2.24) is 24.5 Å². The molecule has 0 unspecified atom stereocenters. The molecule has 7 heteroatoms. The number of para-hydroxylation sites is 1. The van der Waals surface area contributed by atoms with Crippen LogP contribution in [0.5, 0.6) is 0 Å². The van der Waals surface area contributed by atoms with Gasteiger partial charge in [0.2, 0.25) is 0 Å². The fourth-order valence-corrected chi connectivity index (χ4v) is 9.70. The average molecular weight is 688 g/mol. The summed E-state index contributed by atoms with van der Waals surface area (Å²) in [5.41, 5.74) is 6.12. The number of pyridine rings is 1. The third-order valence-corrected chi connectivity index (χ3v) is 12.1. The van der Waals surface area contributed by atoms with Crippen molar-refractivity contribution in [3.63, 3.8) is 0 Å². The predicted molar refractivity (Wildman–Crippen MR) is 214 cm³/mol. The summed E-state index contributed by atoms with van der Waals surface area (Å²) in [6.45, 7) is 0. The van der Waals surface area contributed by atoms with E-state index in [1.165, 1.54) is 41.0 Å². The molecule has 0 radical (unpaired) electrons. The first kappa shape index (κ1) is 28.5. The minimum Gasteiger partial charge on any atom is -0.294 e. The van der Waals surface area contributed by atoms with Crippen molar-refractivity contribution in [2.24, 2.45) is 0 Å².